The van der Waals surface area contributed by atoms with Crippen molar-refractivity contribution in [1.82, 2.24) is 15.1 Å². The molecule has 0 radical (unpaired) electrons. The fraction of sp³-hybridized carbons (Fsp3) is 0.235. The summed E-state index contributed by atoms with van der Waals surface area (Å²) in [6, 6.07) is 11.8. The van der Waals surface area contributed by atoms with Crippen molar-refractivity contribution in [2.75, 3.05) is 6.54 Å². The molecule has 112 valence electrons. The highest BCUT2D eigenvalue weighted by Gasteiger charge is 2.10. The van der Waals surface area contributed by atoms with Crippen LogP contribution < -0.4 is 5.32 Å². The summed E-state index contributed by atoms with van der Waals surface area (Å²) in [7, 11) is 1.80. The van der Waals surface area contributed by atoms with Crippen LogP contribution in [0.2, 0.25) is 0 Å². The predicted molar refractivity (Wildman–Crippen MR) is 84.7 cm³/mol. The van der Waals surface area contributed by atoms with Crippen molar-refractivity contribution in [3.8, 4) is 6.07 Å². The highest BCUT2D eigenvalue weighted by Crippen LogP contribution is 2.10. The quantitative estimate of drug-likeness (QED) is 0.677. The van der Waals surface area contributed by atoms with Crippen LogP contribution in [-0.2, 0) is 18.3 Å². The number of nitrogens with one attached hydrogen (secondary N) is 1. The zero-order valence-corrected chi connectivity index (χ0v) is 12.7. The number of aromatic nitrogens is 2. The molecule has 5 heteroatoms. The number of hydrogen-bond donors (Lipinski definition) is 1. The Morgan fingerprint density at radius 2 is 2.14 bits per heavy atom. The van der Waals surface area contributed by atoms with Gasteiger partial charge in [-0.05, 0) is 25.0 Å². The molecule has 0 aliphatic carbocycles. The third kappa shape index (κ3) is 4.06. The van der Waals surface area contributed by atoms with E-state index in [-0.39, 0.29) is 11.5 Å². The van der Waals surface area contributed by atoms with Gasteiger partial charge >= 0.3 is 0 Å². The topological polar surface area (TPSA) is 70.7 Å². The summed E-state index contributed by atoms with van der Waals surface area (Å²) in [6.07, 6.45) is 4.08. The summed E-state index contributed by atoms with van der Waals surface area (Å²) in [5.41, 5.74) is 2.79. The Balaban J connectivity index is 1.98. The smallest absolute Gasteiger partial charge is 0.261 e. The lowest BCUT2D eigenvalue weighted by molar-refractivity contribution is -0.117. The molecule has 0 saturated heterocycles. The molecule has 0 spiro atoms. The molecule has 1 amide bonds. The average molecular weight is 294 g/mol. The van der Waals surface area contributed by atoms with Gasteiger partial charge in [0.25, 0.3) is 5.91 Å². The number of benzene rings is 1. The van der Waals surface area contributed by atoms with E-state index in [1.165, 1.54) is 0 Å². The maximum Gasteiger partial charge on any atom is 0.261 e. The van der Waals surface area contributed by atoms with E-state index in [1.54, 1.807) is 24.0 Å². The highest BCUT2D eigenvalue weighted by molar-refractivity contribution is 6.01. The number of nitriles is 1. The predicted octanol–water partition coefficient (Wildman–Crippen LogP) is 1.99. The van der Waals surface area contributed by atoms with Gasteiger partial charge in [-0.3, -0.25) is 9.48 Å². The number of aryl methyl sites for hydroxylation is 2. The minimum absolute atomic E-state index is 0.0872. The number of carbonyl (C=O) groups is 1. The van der Waals surface area contributed by atoms with Crippen molar-refractivity contribution in [1.29, 1.82) is 5.26 Å². The second-order valence-corrected chi connectivity index (χ2v) is 5.00. The molecule has 0 atom stereocenters. The third-order valence-electron chi connectivity index (χ3n) is 3.26. The number of rotatable bonds is 5. The Bertz CT molecular complexity index is 723. The zero-order chi connectivity index (χ0) is 15.9. The number of hydrogen-bond acceptors (Lipinski definition) is 3. The van der Waals surface area contributed by atoms with E-state index in [0.29, 0.717) is 6.54 Å². The van der Waals surface area contributed by atoms with Crippen LogP contribution >= 0.6 is 0 Å². The normalized spacial score (nSPS) is 11.0. The largest absolute Gasteiger partial charge is 0.351 e. The maximum absolute atomic E-state index is 12.1. The SMILES string of the molecule is Cc1nn(C)cc1/C=C(\C#N)C(=O)NCCc1ccccc1. The van der Waals surface area contributed by atoms with Crippen LogP contribution in [0.5, 0.6) is 0 Å². The van der Waals surface area contributed by atoms with E-state index >= 15 is 0 Å². The summed E-state index contributed by atoms with van der Waals surface area (Å²) in [6.45, 7) is 2.34. The van der Waals surface area contributed by atoms with E-state index in [0.717, 1.165) is 23.2 Å². The van der Waals surface area contributed by atoms with Gasteiger partial charge in [-0.15, -0.1) is 0 Å². The van der Waals surface area contributed by atoms with Gasteiger partial charge in [0.2, 0.25) is 0 Å². The first kappa shape index (κ1) is 15.5. The zero-order valence-electron chi connectivity index (χ0n) is 12.7. The third-order valence-corrected chi connectivity index (χ3v) is 3.26. The molecule has 0 bridgehead atoms. The van der Waals surface area contributed by atoms with Crippen LogP contribution in [0.15, 0.2) is 42.1 Å². The molecule has 0 saturated carbocycles. The second-order valence-electron chi connectivity index (χ2n) is 5.00. The molecule has 5 nitrogen and oxygen atoms in total. The molecule has 0 unspecified atom stereocenters. The van der Waals surface area contributed by atoms with Crippen LogP contribution in [0.1, 0.15) is 16.8 Å². The lowest BCUT2D eigenvalue weighted by Gasteiger charge is -2.04. The lowest BCUT2D eigenvalue weighted by Crippen LogP contribution is -2.26. The maximum atomic E-state index is 12.1. The molecule has 2 aromatic rings. The Hall–Kier alpha value is -2.87. The van der Waals surface area contributed by atoms with Crippen molar-refractivity contribution in [2.45, 2.75) is 13.3 Å². The first-order valence-corrected chi connectivity index (χ1v) is 7.04. The van der Waals surface area contributed by atoms with Gasteiger partial charge in [-0.2, -0.15) is 10.4 Å². The summed E-state index contributed by atoms with van der Waals surface area (Å²) in [5.74, 6) is -0.360. The van der Waals surface area contributed by atoms with Crippen molar-refractivity contribution >= 4 is 12.0 Å². The molecule has 2 rings (SSSR count). The monoisotopic (exact) mass is 294 g/mol. The Morgan fingerprint density at radius 3 is 2.73 bits per heavy atom. The van der Waals surface area contributed by atoms with Crippen LogP contribution in [0.4, 0.5) is 0 Å². The van der Waals surface area contributed by atoms with E-state index < -0.39 is 0 Å². The van der Waals surface area contributed by atoms with Gasteiger partial charge in [-0.25, -0.2) is 0 Å². The molecule has 1 aromatic carbocycles. The molecule has 1 heterocycles. The molecule has 0 aliphatic rings. The first-order chi connectivity index (χ1) is 10.6. The second kappa shape index (κ2) is 7.23. The Labute approximate surface area is 129 Å². The van der Waals surface area contributed by atoms with Gasteiger partial charge in [0.15, 0.2) is 0 Å². The Morgan fingerprint density at radius 1 is 1.41 bits per heavy atom. The molecule has 0 aliphatic heterocycles. The van der Waals surface area contributed by atoms with E-state index in [9.17, 15) is 4.79 Å². The molecular formula is C17H18N4O. The van der Waals surface area contributed by atoms with Gasteiger partial charge in [0, 0.05) is 25.4 Å². The standard InChI is InChI=1S/C17H18N4O/c1-13-16(12-21(2)20-13)10-15(11-18)17(22)19-9-8-14-6-4-3-5-7-14/h3-7,10,12H,8-9H2,1-2H3,(H,19,22)/b15-10+. The Kier molecular flexibility index (Phi) is 5.10. The van der Waals surface area contributed by atoms with Gasteiger partial charge in [-0.1, -0.05) is 30.3 Å². The minimum Gasteiger partial charge on any atom is -0.351 e. The summed E-state index contributed by atoms with van der Waals surface area (Å²) in [5, 5.41) is 16.1. The van der Waals surface area contributed by atoms with Gasteiger partial charge in [0.1, 0.15) is 11.6 Å². The summed E-state index contributed by atoms with van der Waals surface area (Å²) >= 11 is 0. The number of carbonyl (C=O) groups excluding carboxylic acids is 1. The number of nitrogens with zero attached hydrogens (tertiary/aromatic N) is 3. The van der Waals surface area contributed by atoms with Gasteiger partial charge < -0.3 is 5.32 Å². The van der Waals surface area contributed by atoms with Crippen molar-refractivity contribution < 1.29 is 4.79 Å². The molecule has 0 fully saturated rings. The molecule has 1 aromatic heterocycles. The van der Waals surface area contributed by atoms with E-state index in [2.05, 4.69) is 10.4 Å². The first-order valence-electron chi connectivity index (χ1n) is 7.04. The van der Waals surface area contributed by atoms with Crippen molar-refractivity contribution in [2.24, 2.45) is 7.05 Å². The highest BCUT2D eigenvalue weighted by atomic mass is 16.1. The van der Waals surface area contributed by atoms with E-state index in [1.807, 2.05) is 43.3 Å². The van der Waals surface area contributed by atoms with Crippen molar-refractivity contribution in [3.05, 3.63) is 58.9 Å². The average Bonchev–Trinajstić information content (AvgIpc) is 2.83. The van der Waals surface area contributed by atoms with Crippen molar-refractivity contribution in [3.63, 3.8) is 0 Å². The minimum atomic E-state index is -0.360. The summed E-state index contributed by atoms with van der Waals surface area (Å²) < 4.78 is 1.66. The van der Waals surface area contributed by atoms with E-state index in [4.69, 9.17) is 5.26 Å². The van der Waals surface area contributed by atoms with Crippen LogP contribution in [-0.4, -0.2) is 22.2 Å². The molecule has 1 N–H and O–H groups in total. The molecule has 22 heavy (non-hydrogen) atoms. The fourth-order valence-electron chi connectivity index (χ4n) is 2.12. The van der Waals surface area contributed by atoms with Crippen LogP contribution in [0.3, 0.4) is 0 Å². The van der Waals surface area contributed by atoms with Crippen LogP contribution in [0, 0.1) is 18.3 Å². The number of amides is 1. The summed E-state index contributed by atoms with van der Waals surface area (Å²) in [4.78, 5) is 12.1. The molecular weight excluding hydrogens is 276 g/mol. The lowest BCUT2D eigenvalue weighted by atomic mass is 10.1. The fourth-order valence-corrected chi connectivity index (χ4v) is 2.12. The van der Waals surface area contributed by atoms with Gasteiger partial charge in [0.05, 0.1) is 5.69 Å². The van der Waals surface area contributed by atoms with Crippen LogP contribution in [0.25, 0.3) is 6.08 Å².